The molecule has 1 aliphatic heterocycles. The fourth-order valence-electron chi connectivity index (χ4n) is 4.88. The molecule has 2 aromatic heterocycles. The quantitative estimate of drug-likeness (QED) is 0.306. The number of hydrogen-bond acceptors (Lipinski definition) is 9. The Bertz CT molecular complexity index is 1700. The van der Waals surface area contributed by atoms with Crippen molar-refractivity contribution in [3.05, 3.63) is 95.5 Å². The maximum atomic E-state index is 13.4. The van der Waals surface area contributed by atoms with Crippen LogP contribution in [0.5, 0.6) is 0 Å². The van der Waals surface area contributed by atoms with Gasteiger partial charge in [0.25, 0.3) is 5.56 Å². The molecule has 0 aliphatic carbocycles. The Morgan fingerprint density at radius 1 is 1.24 bits per heavy atom. The highest BCUT2D eigenvalue weighted by Gasteiger charge is 2.36. The second-order valence-electron chi connectivity index (χ2n) is 10.7. The first-order chi connectivity index (χ1) is 19.4. The van der Waals surface area contributed by atoms with Gasteiger partial charge in [0, 0.05) is 16.0 Å². The topological polar surface area (TPSA) is 125 Å². The summed E-state index contributed by atoms with van der Waals surface area (Å²) in [5.74, 6) is -1.22. The van der Waals surface area contributed by atoms with E-state index in [0.29, 0.717) is 32.9 Å². The first kappa shape index (κ1) is 28.9. The van der Waals surface area contributed by atoms with Crippen LogP contribution >= 0.6 is 22.9 Å². The van der Waals surface area contributed by atoms with Gasteiger partial charge >= 0.3 is 11.7 Å². The van der Waals surface area contributed by atoms with Gasteiger partial charge in [-0.15, -0.1) is 11.3 Å². The predicted octanol–water partition coefficient (Wildman–Crippen LogP) is 4.64. The van der Waals surface area contributed by atoms with Gasteiger partial charge in [0.05, 0.1) is 18.0 Å². The van der Waals surface area contributed by atoms with E-state index in [1.165, 1.54) is 11.3 Å². The first-order valence-corrected chi connectivity index (χ1v) is 14.1. The third-order valence-corrected chi connectivity index (χ3v) is 8.37. The molecule has 214 valence electrons. The molecule has 0 saturated carbocycles. The van der Waals surface area contributed by atoms with E-state index in [-0.39, 0.29) is 12.7 Å². The third kappa shape index (κ3) is 5.89. The fraction of sp³-hybridized carbons (Fsp3) is 0.345. The Balaban J connectivity index is 1.51. The minimum absolute atomic E-state index is 0.0532. The maximum Gasteiger partial charge on any atom is 0.350 e. The molecular formula is C29H29ClN4O6S. The van der Waals surface area contributed by atoms with Gasteiger partial charge in [-0.1, -0.05) is 41.9 Å². The minimum atomic E-state index is -0.734. The number of hydrogen-bond donors (Lipinski definition) is 1. The van der Waals surface area contributed by atoms with Gasteiger partial charge in [-0.2, -0.15) is 9.78 Å². The van der Waals surface area contributed by atoms with E-state index in [1.54, 1.807) is 12.1 Å². The van der Waals surface area contributed by atoms with Crippen molar-refractivity contribution in [2.24, 2.45) is 0 Å². The van der Waals surface area contributed by atoms with Crippen molar-refractivity contribution in [2.75, 3.05) is 13.2 Å². The van der Waals surface area contributed by atoms with Gasteiger partial charge in [0.2, 0.25) is 0 Å². The smallest absolute Gasteiger partial charge is 0.350 e. The highest BCUT2D eigenvalue weighted by molar-refractivity contribution is 7.14. The number of aromatic nitrogens is 4. The number of H-pyrrole nitrogens is 1. The number of carbonyl (C=O) groups is 1. The summed E-state index contributed by atoms with van der Waals surface area (Å²) in [7, 11) is 0. The van der Waals surface area contributed by atoms with Gasteiger partial charge in [-0.05, 0) is 57.9 Å². The van der Waals surface area contributed by atoms with E-state index in [1.807, 2.05) is 65.0 Å². The van der Waals surface area contributed by atoms with Crippen LogP contribution < -0.4 is 11.2 Å². The molecular weight excluding hydrogens is 568 g/mol. The molecule has 1 N–H and O–H groups in total. The molecule has 0 amide bonds. The molecule has 3 heterocycles. The number of aromatic amines is 1. The summed E-state index contributed by atoms with van der Waals surface area (Å²) in [6.07, 6.45) is 0.665. The predicted molar refractivity (Wildman–Crippen MR) is 155 cm³/mol. The number of carbonyl (C=O) groups excluding carboxylic acids is 1. The van der Waals surface area contributed by atoms with Gasteiger partial charge in [0.1, 0.15) is 28.8 Å². The number of nitrogens with zero attached hydrogens (tertiary/aromatic N) is 3. The summed E-state index contributed by atoms with van der Waals surface area (Å²) in [5, 5.41) is 4.96. The highest BCUT2D eigenvalue weighted by atomic mass is 35.5. The number of thiazole rings is 1. The Morgan fingerprint density at radius 2 is 1.98 bits per heavy atom. The van der Waals surface area contributed by atoms with Crippen LogP contribution in [0.25, 0.3) is 16.9 Å². The Morgan fingerprint density at radius 3 is 2.61 bits per heavy atom. The number of aryl methyl sites for hydroxylation is 1. The second-order valence-corrected chi connectivity index (χ2v) is 12.1. The largest absolute Gasteiger partial charge is 0.459 e. The summed E-state index contributed by atoms with van der Waals surface area (Å²) in [5.41, 5.74) is 1.25. The van der Waals surface area contributed by atoms with Crippen LogP contribution in [0.1, 0.15) is 53.5 Å². The molecule has 0 bridgehead atoms. The van der Waals surface area contributed by atoms with Crippen LogP contribution in [0.2, 0.25) is 5.02 Å². The zero-order chi connectivity index (χ0) is 29.5. The summed E-state index contributed by atoms with van der Waals surface area (Å²) in [6, 6.07) is 12.8. The minimum Gasteiger partial charge on any atom is -0.459 e. The lowest BCUT2D eigenvalue weighted by molar-refractivity contribution is -0.142. The molecule has 5 rings (SSSR count). The van der Waals surface area contributed by atoms with Gasteiger partial charge in [-0.25, -0.2) is 14.6 Å². The molecule has 41 heavy (non-hydrogen) atoms. The van der Waals surface area contributed by atoms with E-state index < -0.39 is 28.4 Å². The monoisotopic (exact) mass is 596 g/mol. The van der Waals surface area contributed by atoms with Crippen LogP contribution in [-0.2, 0) is 19.6 Å². The Labute approximate surface area is 244 Å². The summed E-state index contributed by atoms with van der Waals surface area (Å²) >= 11 is 8.06. The molecule has 0 radical (unpaired) electrons. The van der Waals surface area contributed by atoms with Crippen LogP contribution in [0.15, 0.2) is 58.3 Å². The summed E-state index contributed by atoms with van der Waals surface area (Å²) in [6.45, 7) is 9.83. The van der Waals surface area contributed by atoms with E-state index in [9.17, 15) is 14.4 Å². The van der Waals surface area contributed by atoms with Crippen LogP contribution in [-0.4, -0.2) is 50.8 Å². The van der Waals surface area contributed by atoms with Gasteiger partial charge < -0.3 is 14.2 Å². The molecule has 1 unspecified atom stereocenters. The lowest BCUT2D eigenvalue weighted by Crippen LogP contribution is -2.30. The molecule has 4 aromatic rings. The zero-order valence-corrected chi connectivity index (χ0v) is 24.8. The Hall–Kier alpha value is -3.64. The Kier molecular flexibility index (Phi) is 7.73. The van der Waals surface area contributed by atoms with E-state index in [0.717, 1.165) is 27.6 Å². The first-order valence-electron chi connectivity index (χ1n) is 12.9. The van der Waals surface area contributed by atoms with E-state index in [2.05, 4.69) is 10.1 Å². The number of benzene rings is 2. The van der Waals surface area contributed by atoms with Gasteiger partial charge in [-0.3, -0.25) is 9.78 Å². The van der Waals surface area contributed by atoms with Crippen molar-refractivity contribution >= 4 is 28.9 Å². The standard InChI is InChI=1S/C29H29ClN4O6S/c1-16-11-18(34-27(37)32-21(35)13-31-34)12-20(30)22(16)28(2,3)26-33-23(17-9-7-6-8-10-17)24(41-26)25(36)38-14-19-15-39-29(4,5)40-19/h6-13,19H,14-15H2,1-5H3,(H,32,35,37). The molecule has 0 spiro atoms. The molecule has 12 heteroatoms. The molecule has 1 fully saturated rings. The lowest BCUT2D eigenvalue weighted by atomic mass is 9.82. The number of ether oxygens (including phenoxy) is 3. The number of nitrogens with one attached hydrogen (secondary N) is 1. The van der Waals surface area contributed by atoms with Crippen molar-refractivity contribution in [3.8, 4) is 16.9 Å². The van der Waals surface area contributed by atoms with Crippen LogP contribution in [0.4, 0.5) is 0 Å². The number of halogens is 1. The summed E-state index contributed by atoms with van der Waals surface area (Å²) < 4.78 is 18.1. The average molecular weight is 597 g/mol. The molecule has 10 nitrogen and oxygen atoms in total. The van der Waals surface area contributed by atoms with Crippen LogP contribution in [0, 0.1) is 6.92 Å². The number of rotatable bonds is 7. The second kappa shape index (κ2) is 11.0. The highest BCUT2D eigenvalue weighted by Crippen LogP contribution is 2.43. The van der Waals surface area contributed by atoms with E-state index >= 15 is 0 Å². The normalized spacial score (nSPS) is 16.6. The SMILES string of the molecule is Cc1cc(-n2ncc(=O)[nH]c2=O)cc(Cl)c1C(C)(C)c1nc(-c2ccccc2)c(C(=O)OCC2COC(C)(C)O2)s1. The van der Waals surface area contributed by atoms with Crippen LogP contribution in [0.3, 0.4) is 0 Å². The molecule has 1 saturated heterocycles. The fourth-order valence-corrected chi connectivity index (χ4v) is 6.47. The van der Waals surface area contributed by atoms with Crippen molar-refractivity contribution in [3.63, 3.8) is 0 Å². The van der Waals surface area contributed by atoms with Gasteiger partial charge in [0.15, 0.2) is 5.79 Å². The number of esters is 1. The zero-order valence-electron chi connectivity index (χ0n) is 23.2. The van der Waals surface area contributed by atoms with Crippen molar-refractivity contribution < 1.29 is 19.0 Å². The van der Waals surface area contributed by atoms with Crippen molar-refractivity contribution in [1.29, 1.82) is 0 Å². The van der Waals surface area contributed by atoms with E-state index in [4.69, 9.17) is 30.8 Å². The van der Waals surface area contributed by atoms with Crippen molar-refractivity contribution in [1.82, 2.24) is 19.7 Å². The molecule has 1 atom stereocenters. The lowest BCUT2D eigenvalue weighted by Gasteiger charge is -2.26. The maximum absolute atomic E-state index is 13.4. The molecule has 1 aliphatic rings. The van der Waals surface area contributed by atoms with Crippen molar-refractivity contribution in [2.45, 2.75) is 51.9 Å². The molecule has 2 aromatic carbocycles. The third-order valence-electron chi connectivity index (χ3n) is 6.72. The summed E-state index contributed by atoms with van der Waals surface area (Å²) in [4.78, 5) is 44.6. The average Bonchev–Trinajstić information content (AvgIpc) is 3.51.